The number of carbonyl (C=O) groups excluding carboxylic acids is 2. The lowest BCUT2D eigenvalue weighted by atomic mass is 10.3. The number of rotatable bonds is 7. The fraction of sp³-hybridized carbons (Fsp3) is 0.400. The average Bonchev–Trinajstić information content (AvgIpc) is 3.11. The molecule has 0 aliphatic heterocycles. The molecule has 2 aromatic heterocycles. The zero-order valence-electron chi connectivity index (χ0n) is 13.7. The molecule has 24 heavy (non-hydrogen) atoms. The van der Waals surface area contributed by atoms with Gasteiger partial charge in [-0.05, 0) is 19.1 Å². The summed E-state index contributed by atoms with van der Waals surface area (Å²) in [7, 11) is 1.49. The van der Waals surface area contributed by atoms with Crippen LogP contribution in [0.15, 0.2) is 12.1 Å². The molecule has 9 heteroatoms. The third-order valence-electron chi connectivity index (χ3n) is 3.12. The zero-order valence-corrected chi connectivity index (χ0v) is 15.3. The van der Waals surface area contributed by atoms with Crippen molar-refractivity contribution in [3.8, 4) is 10.6 Å². The number of thiophene rings is 1. The summed E-state index contributed by atoms with van der Waals surface area (Å²) >= 11 is 2.96. The quantitative estimate of drug-likeness (QED) is 0.690. The van der Waals surface area contributed by atoms with Crippen molar-refractivity contribution in [2.24, 2.45) is 5.73 Å². The Morgan fingerprint density at radius 1 is 1.38 bits per heavy atom. The lowest BCUT2D eigenvalue weighted by molar-refractivity contribution is -0.119. The highest BCUT2D eigenvalue weighted by atomic mass is 32.1. The van der Waals surface area contributed by atoms with Crippen molar-refractivity contribution >= 4 is 39.6 Å². The van der Waals surface area contributed by atoms with Crippen LogP contribution < -0.4 is 16.4 Å². The van der Waals surface area contributed by atoms with Gasteiger partial charge in [-0.25, -0.2) is 4.98 Å². The largest absolute Gasteiger partial charge is 0.383 e. The first-order valence-corrected chi connectivity index (χ1v) is 8.90. The third-order valence-corrected chi connectivity index (χ3v) is 5.09. The van der Waals surface area contributed by atoms with Gasteiger partial charge in [0.1, 0.15) is 6.04 Å². The lowest BCUT2D eigenvalue weighted by Gasteiger charge is -2.08. The van der Waals surface area contributed by atoms with E-state index >= 15 is 0 Å². The molecule has 2 rings (SSSR count). The second-order valence-corrected chi connectivity index (χ2v) is 7.52. The van der Waals surface area contributed by atoms with Gasteiger partial charge >= 0.3 is 0 Å². The Kier molecular flexibility index (Phi) is 6.44. The second kappa shape index (κ2) is 8.34. The number of amides is 2. The van der Waals surface area contributed by atoms with Crippen molar-refractivity contribution in [1.29, 1.82) is 0 Å². The maximum atomic E-state index is 11.9. The molecule has 0 aliphatic carbocycles. The number of hydrogen-bond donors (Lipinski definition) is 3. The van der Waals surface area contributed by atoms with Crippen molar-refractivity contribution < 1.29 is 14.3 Å². The molecule has 1 atom stereocenters. The number of nitrogens with one attached hydrogen (secondary N) is 2. The van der Waals surface area contributed by atoms with E-state index in [-0.39, 0.29) is 18.4 Å². The SMILES string of the molecule is COCC(N)C(=O)Nc1nc(-c2ccc(CNC(C)=O)s2)c(C)s1. The van der Waals surface area contributed by atoms with E-state index in [2.05, 4.69) is 15.6 Å². The summed E-state index contributed by atoms with van der Waals surface area (Å²) in [5.74, 6) is -0.387. The van der Waals surface area contributed by atoms with E-state index in [9.17, 15) is 9.59 Å². The predicted molar refractivity (Wildman–Crippen MR) is 96.2 cm³/mol. The summed E-state index contributed by atoms with van der Waals surface area (Å²) in [6, 6.07) is 3.20. The van der Waals surface area contributed by atoms with Crippen LogP contribution >= 0.6 is 22.7 Å². The fourth-order valence-corrected chi connectivity index (χ4v) is 3.83. The zero-order chi connectivity index (χ0) is 17.7. The van der Waals surface area contributed by atoms with Gasteiger partial charge in [0.2, 0.25) is 11.8 Å². The highest BCUT2D eigenvalue weighted by Crippen LogP contribution is 2.34. The van der Waals surface area contributed by atoms with Crippen LogP contribution in [-0.2, 0) is 20.9 Å². The summed E-state index contributed by atoms with van der Waals surface area (Å²) in [4.78, 5) is 30.4. The number of aryl methyl sites for hydroxylation is 1. The van der Waals surface area contributed by atoms with E-state index in [1.165, 1.54) is 25.4 Å². The van der Waals surface area contributed by atoms with Crippen LogP contribution in [0.3, 0.4) is 0 Å². The summed E-state index contributed by atoms with van der Waals surface area (Å²) in [6.07, 6.45) is 0. The molecule has 2 amide bonds. The Labute approximate surface area is 148 Å². The molecule has 2 aromatic rings. The van der Waals surface area contributed by atoms with Crippen LogP contribution in [0.25, 0.3) is 10.6 Å². The molecule has 4 N–H and O–H groups in total. The van der Waals surface area contributed by atoms with Gasteiger partial charge in [-0.15, -0.1) is 22.7 Å². The Morgan fingerprint density at radius 2 is 2.12 bits per heavy atom. The van der Waals surface area contributed by atoms with Gasteiger partial charge < -0.3 is 21.1 Å². The van der Waals surface area contributed by atoms with Crippen molar-refractivity contribution in [3.05, 3.63) is 21.9 Å². The van der Waals surface area contributed by atoms with Crippen LogP contribution in [0.1, 0.15) is 16.7 Å². The number of thiazole rings is 1. The fourth-order valence-electron chi connectivity index (χ4n) is 1.94. The Balaban J connectivity index is 2.08. The van der Waals surface area contributed by atoms with Crippen molar-refractivity contribution in [1.82, 2.24) is 10.3 Å². The van der Waals surface area contributed by atoms with Gasteiger partial charge in [0.15, 0.2) is 5.13 Å². The van der Waals surface area contributed by atoms with Gasteiger partial charge in [-0.2, -0.15) is 0 Å². The minimum Gasteiger partial charge on any atom is -0.383 e. The van der Waals surface area contributed by atoms with Gasteiger partial charge in [0, 0.05) is 23.8 Å². The summed E-state index contributed by atoms with van der Waals surface area (Å²) in [5.41, 5.74) is 6.53. The molecule has 0 saturated heterocycles. The molecule has 0 aromatic carbocycles. The van der Waals surface area contributed by atoms with Crippen LogP contribution in [0.4, 0.5) is 5.13 Å². The van der Waals surface area contributed by atoms with Gasteiger partial charge in [-0.3, -0.25) is 9.59 Å². The minimum atomic E-state index is -0.728. The normalized spacial score (nSPS) is 12.0. The highest BCUT2D eigenvalue weighted by Gasteiger charge is 2.17. The van der Waals surface area contributed by atoms with E-state index in [1.54, 1.807) is 11.3 Å². The maximum absolute atomic E-state index is 11.9. The first kappa shape index (κ1) is 18.5. The maximum Gasteiger partial charge on any atom is 0.245 e. The number of nitrogens with two attached hydrogens (primary N) is 1. The number of anilines is 1. The number of ether oxygens (including phenoxy) is 1. The van der Waals surface area contributed by atoms with Gasteiger partial charge in [-0.1, -0.05) is 0 Å². The van der Waals surface area contributed by atoms with E-state index in [4.69, 9.17) is 10.5 Å². The standard InChI is InChI=1S/C15H20N4O3S2/c1-8-13(12-5-4-10(24-12)6-17-9(2)20)18-15(23-8)19-14(21)11(16)7-22-3/h4-5,11H,6-7,16H2,1-3H3,(H,17,20)(H,18,19,21). The molecule has 0 aliphatic rings. The van der Waals surface area contributed by atoms with E-state index in [0.717, 1.165) is 20.3 Å². The third kappa shape index (κ3) is 4.84. The first-order valence-electron chi connectivity index (χ1n) is 7.27. The summed E-state index contributed by atoms with van der Waals surface area (Å²) in [5, 5.41) is 5.99. The number of aromatic nitrogens is 1. The Bertz CT molecular complexity index is 726. The number of nitrogens with zero attached hydrogens (tertiary/aromatic N) is 1. The molecular formula is C15H20N4O3S2. The monoisotopic (exact) mass is 368 g/mol. The summed E-state index contributed by atoms with van der Waals surface area (Å²) < 4.78 is 4.87. The molecule has 0 radical (unpaired) electrons. The van der Waals surface area contributed by atoms with Crippen LogP contribution in [0, 0.1) is 6.92 Å². The van der Waals surface area contributed by atoms with Gasteiger partial charge in [0.25, 0.3) is 0 Å². The second-order valence-electron chi connectivity index (χ2n) is 5.15. The minimum absolute atomic E-state index is 0.0628. The van der Waals surface area contributed by atoms with Crippen molar-refractivity contribution in [3.63, 3.8) is 0 Å². The molecule has 0 bridgehead atoms. The first-order chi connectivity index (χ1) is 11.4. The molecule has 130 valence electrons. The molecular weight excluding hydrogens is 348 g/mol. The van der Waals surface area contributed by atoms with Crippen LogP contribution in [-0.4, -0.2) is 36.6 Å². The number of hydrogen-bond acceptors (Lipinski definition) is 7. The predicted octanol–water partition coefficient (Wildman–Crippen LogP) is 1.73. The number of carbonyl (C=O) groups is 2. The highest BCUT2D eigenvalue weighted by molar-refractivity contribution is 7.18. The average molecular weight is 368 g/mol. The molecule has 2 heterocycles. The topological polar surface area (TPSA) is 106 Å². The van der Waals surface area contributed by atoms with Crippen LogP contribution in [0.5, 0.6) is 0 Å². The smallest absolute Gasteiger partial charge is 0.245 e. The van der Waals surface area contributed by atoms with E-state index < -0.39 is 6.04 Å². The van der Waals surface area contributed by atoms with Crippen molar-refractivity contribution in [2.75, 3.05) is 19.0 Å². The Morgan fingerprint density at radius 3 is 2.79 bits per heavy atom. The molecule has 1 unspecified atom stereocenters. The van der Waals surface area contributed by atoms with E-state index in [0.29, 0.717) is 11.7 Å². The van der Waals surface area contributed by atoms with Crippen LogP contribution in [0.2, 0.25) is 0 Å². The molecule has 0 saturated carbocycles. The van der Waals surface area contributed by atoms with Crippen molar-refractivity contribution in [2.45, 2.75) is 26.4 Å². The Hall–Kier alpha value is -1.81. The van der Waals surface area contributed by atoms with E-state index in [1.807, 2.05) is 19.1 Å². The lowest BCUT2D eigenvalue weighted by Crippen LogP contribution is -2.39. The number of methoxy groups -OCH3 is 1. The summed E-state index contributed by atoms with van der Waals surface area (Å²) in [6.45, 7) is 4.09. The molecule has 7 nitrogen and oxygen atoms in total. The molecule has 0 fully saturated rings. The van der Waals surface area contributed by atoms with Gasteiger partial charge in [0.05, 0.1) is 23.7 Å². The molecule has 0 spiro atoms.